The Labute approximate surface area is 279 Å². The number of carbonyl (C=O) groups excluding carboxylic acids is 2. The number of ether oxygens (including phenoxy) is 4. The van der Waals surface area contributed by atoms with Gasteiger partial charge >= 0.3 is 11.9 Å². The minimum absolute atomic E-state index is 0. The lowest BCUT2D eigenvalue weighted by Crippen LogP contribution is -3.00. The molecule has 1 aliphatic heterocycles. The summed E-state index contributed by atoms with van der Waals surface area (Å²) in [7, 11) is 7.57. The largest absolute Gasteiger partial charge is 1.00 e. The maximum atomic E-state index is 13.8. The highest BCUT2D eigenvalue weighted by Crippen LogP contribution is 2.54. The van der Waals surface area contributed by atoms with Gasteiger partial charge in [0.05, 0.1) is 34.2 Å². The van der Waals surface area contributed by atoms with Gasteiger partial charge in [-0.2, -0.15) is 0 Å². The highest BCUT2D eigenvalue weighted by atomic mass is 35.5. The molecule has 3 aromatic rings. The standard InChI is InChI=1S/C38H48NO6.ClH/c1-9-10-25-18-33(44-37(41)24(2)27-12-13-29-21-30(42-8)15-14-28(29)20-27)36-31-17-26(23-43-35(40)22-39(5,6)7)11-16-32(31)38(3,4)45-34(36)19-25;/h12-15,17-21,24,31-32H,9-11,16,22-23H2,1-8H3;1H/q+1;/p-1/t24-,31?,32?;/m1./s1. The van der Waals surface area contributed by atoms with E-state index in [1.54, 1.807) is 7.11 Å². The molecule has 0 amide bonds. The van der Waals surface area contributed by atoms with Crippen LogP contribution < -0.4 is 26.6 Å². The summed E-state index contributed by atoms with van der Waals surface area (Å²) in [5.74, 6) is 1.27. The number of esters is 2. The molecule has 1 heterocycles. The van der Waals surface area contributed by atoms with Crippen LogP contribution in [0.1, 0.15) is 75.5 Å². The number of hydrogen-bond acceptors (Lipinski definition) is 6. The summed E-state index contributed by atoms with van der Waals surface area (Å²) in [5, 5.41) is 2.09. The zero-order valence-electron chi connectivity index (χ0n) is 28.4. The Morgan fingerprint density at radius 2 is 1.76 bits per heavy atom. The average Bonchev–Trinajstić information content (AvgIpc) is 2.97. The lowest BCUT2D eigenvalue weighted by atomic mass is 9.67. The van der Waals surface area contributed by atoms with Gasteiger partial charge in [-0.05, 0) is 91.8 Å². The molecule has 0 aromatic heterocycles. The number of likely N-dealkylation sites (N-methyl/N-ethyl adjacent to an activating group) is 1. The van der Waals surface area contributed by atoms with Gasteiger partial charge in [-0.15, -0.1) is 0 Å². The van der Waals surface area contributed by atoms with Crippen LogP contribution in [-0.2, 0) is 20.7 Å². The smallest absolute Gasteiger partial charge is 0.362 e. The first kappa shape index (κ1) is 35.3. The van der Waals surface area contributed by atoms with Crippen LogP contribution in [0.15, 0.2) is 60.2 Å². The second kappa shape index (κ2) is 14.1. The van der Waals surface area contributed by atoms with Crippen LogP contribution in [-0.4, -0.2) is 63.4 Å². The van der Waals surface area contributed by atoms with Crippen LogP contribution in [0.25, 0.3) is 10.8 Å². The summed E-state index contributed by atoms with van der Waals surface area (Å²) in [6.07, 6.45) is 5.76. The monoisotopic (exact) mass is 649 g/mol. The van der Waals surface area contributed by atoms with Crippen molar-refractivity contribution in [2.45, 2.75) is 70.8 Å². The first-order valence-corrected chi connectivity index (χ1v) is 16.1. The van der Waals surface area contributed by atoms with Crippen molar-refractivity contribution in [2.24, 2.45) is 5.92 Å². The minimum atomic E-state index is -0.475. The van der Waals surface area contributed by atoms with E-state index in [2.05, 4.69) is 32.9 Å². The van der Waals surface area contributed by atoms with Gasteiger partial charge in [-0.3, -0.25) is 4.79 Å². The molecule has 3 atom stereocenters. The Hall–Kier alpha value is -3.55. The second-order valence-corrected chi connectivity index (χ2v) is 14.2. The Morgan fingerprint density at radius 3 is 2.46 bits per heavy atom. The van der Waals surface area contributed by atoms with E-state index >= 15 is 0 Å². The predicted octanol–water partition coefficient (Wildman–Crippen LogP) is 4.35. The minimum Gasteiger partial charge on any atom is -1.00 e. The SMILES string of the molecule is CCCc1cc(OC(=O)[C@H](C)c2ccc3cc(OC)ccc3c2)c2c(c1)OC(C)(C)C1CCC(COC(=O)C[N+](C)(C)C)=CC21.[Cl-]. The van der Waals surface area contributed by atoms with Crippen molar-refractivity contribution in [3.8, 4) is 17.2 Å². The fourth-order valence-corrected chi connectivity index (χ4v) is 6.68. The first-order valence-electron chi connectivity index (χ1n) is 16.1. The van der Waals surface area contributed by atoms with E-state index in [4.69, 9.17) is 18.9 Å². The molecule has 46 heavy (non-hydrogen) atoms. The maximum Gasteiger partial charge on any atom is 0.362 e. The van der Waals surface area contributed by atoms with E-state index < -0.39 is 11.5 Å². The number of quaternary nitrogens is 1. The van der Waals surface area contributed by atoms with E-state index in [0.717, 1.165) is 70.2 Å². The molecule has 0 radical (unpaired) electrons. The second-order valence-electron chi connectivity index (χ2n) is 14.2. The Balaban J connectivity index is 0.00000480. The molecule has 0 bridgehead atoms. The van der Waals surface area contributed by atoms with Crippen LogP contribution >= 0.6 is 0 Å². The molecule has 0 saturated heterocycles. The number of nitrogens with zero attached hydrogens (tertiary/aromatic N) is 1. The number of carbonyl (C=O) groups is 2. The number of benzene rings is 3. The van der Waals surface area contributed by atoms with Crippen LogP contribution in [0.4, 0.5) is 0 Å². The number of hydrogen-bond donors (Lipinski definition) is 0. The molecule has 7 nitrogen and oxygen atoms in total. The van der Waals surface area contributed by atoms with E-state index in [1.807, 2.05) is 70.5 Å². The summed E-state index contributed by atoms with van der Waals surface area (Å²) in [4.78, 5) is 26.3. The lowest BCUT2D eigenvalue weighted by molar-refractivity contribution is -0.862. The highest BCUT2D eigenvalue weighted by Gasteiger charge is 2.46. The molecule has 3 aromatic carbocycles. The van der Waals surface area contributed by atoms with Gasteiger partial charge in [0, 0.05) is 17.4 Å². The van der Waals surface area contributed by atoms with Crippen molar-refractivity contribution < 1.29 is 45.4 Å². The van der Waals surface area contributed by atoms with E-state index in [1.165, 1.54) is 0 Å². The van der Waals surface area contributed by atoms with Gasteiger partial charge in [0.1, 0.15) is 29.5 Å². The maximum absolute atomic E-state index is 13.8. The van der Waals surface area contributed by atoms with E-state index in [-0.39, 0.29) is 42.8 Å². The Kier molecular flexibility index (Phi) is 10.8. The summed E-state index contributed by atoms with van der Waals surface area (Å²) in [5.41, 5.74) is 3.55. The van der Waals surface area contributed by atoms with Crippen LogP contribution in [0.2, 0.25) is 0 Å². The topological polar surface area (TPSA) is 71.1 Å². The summed E-state index contributed by atoms with van der Waals surface area (Å²) >= 11 is 0. The lowest BCUT2D eigenvalue weighted by Gasteiger charge is -2.47. The van der Waals surface area contributed by atoms with Crippen LogP contribution in [0.3, 0.4) is 0 Å². The molecule has 8 heteroatoms. The van der Waals surface area contributed by atoms with Crippen molar-refractivity contribution >= 4 is 22.7 Å². The number of methoxy groups -OCH3 is 1. The van der Waals surface area contributed by atoms with E-state index in [9.17, 15) is 9.59 Å². The quantitative estimate of drug-likeness (QED) is 0.141. The summed E-state index contributed by atoms with van der Waals surface area (Å²) in [6, 6.07) is 16.1. The van der Waals surface area contributed by atoms with Gasteiger partial charge in [0.2, 0.25) is 0 Å². The fourth-order valence-electron chi connectivity index (χ4n) is 6.68. The number of fused-ring (bicyclic) bond motifs is 4. The highest BCUT2D eigenvalue weighted by molar-refractivity contribution is 5.87. The molecule has 0 spiro atoms. The molecule has 2 unspecified atom stereocenters. The number of aryl methyl sites for hydroxylation is 1. The van der Waals surface area contributed by atoms with Crippen molar-refractivity contribution in [2.75, 3.05) is 41.4 Å². The van der Waals surface area contributed by atoms with Gasteiger partial charge < -0.3 is 35.8 Å². The number of allylic oxidation sites excluding steroid dienone is 1. The molecule has 0 fully saturated rings. The average molecular weight is 650 g/mol. The van der Waals surface area contributed by atoms with Crippen LogP contribution in [0, 0.1) is 5.92 Å². The molecule has 1 aliphatic carbocycles. The van der Waals surface area contributed by atoms with Crippen molar-refractivity contribution in [3.63, 3.8) is 0 Å². The third kappa shape index (κ3) is 7.87. The van der Waals surface area contributed by atoms with Gasteiger partial charge in [0.25, 0.3) is 0 Å². The normalized spacial score (nSPS) is 19.0. The van der Waals surface area contributed by atoms with Crippen molar-refractivity contribution in [3.05, 3.63) is 76.9 Å². The van der Waals surface area contributed by atoms with Gasteiger partial charge in [-0.25, -0.2) is 4.79 Å². The molecule has 248 valence electrons. The third-order valence-electron chi connectivity index (χ3n) is 9.08. The summed E-state index contributed by atoms with van der Waals surface area (Å²) in [6.45, 7) is 8.90. The predicted molar refractivity (Wildman–Crippen MR) is 177 cm³/mol. The molecule has 2 aliphatic rings. The number of halogens is 1. The van der Waals surface area contributed by atoms with Gasteiger partial charge in [-0.1, -0.05) is 43.7 Å². The molecule has 0 saturated carbocycles. The molecule has 5 rings (SSSR count). The van der Waals surface area contributed by atoms with Crippen LogP contribution in [0.5, 0.6) is 17.2 Å². The Morgan fingerprint density at radius 1 is 1.04 bits per heavy atom. The first-order chi connectivity index (χ1) is 21.3. The summed E-state index contributed by atoms with van der Waals surface area (Å²) < 4.78 is 24.6. The third-order valence-corrected chi connectivity index (χ3v) is 9.08. The molecular formula is C38H48ClNO6. The zero-order valence-corrected chi connectivity index (χ0v) is 29.2. The molecular weight excluding hydrogens is 602 g/mol. The van der Waals surface area contributed by atoms with E-state index in [0.29, 0.717) is 16.8 Å². The molecule has 0 N–H and O–H groups in total. The van der Waals surface area contributed by atoms with Gasteiger partial charge in [0.15, 0.2) is 6.54 Å². The van der Waals surface area contributed by atoms with Crippen molar-refractivity contribution in [1.82, 2.24) is 0 Å². The number of rotatable bonds is 10. The Bertz CT molecular complexity index is 1620. The van der Waals surface area contributed by atoms with Crippen molar-refractivity contribution in [1.29, 1.82) is 0 Å². The fraction of sp³-hybridized carbons (Fsp3) is 0.474. The zero-order chi connectivity index (χ0) is 32.5.